The van der Waals surface area contributed by atoms with Crippen LogP contribution in [-0.4, -0.2) is 14.2 Å². The molecule has 0 fully saturated rings. The van der Waals surface area contributed by atoms with Crippen LogP contribution in [0.5, 0.6) is 0 Å². The summed E-state index contributed by atoms with van der Waals surface area (Å²) in [4.78, 5) is 12.4. The predicted octanol–water partition coefficient (Wildman–Crippen LogP) is 5.69. The molecule has 0 aliphatic heterocycles. The van der Waals surface area contributed by atoms with Crippen molar-refractivity contribution in [1.29, 1.82) is 0 Å². The number of rotatable bonds is 6. The lowest BCUT2D eigenvalue weighted by Crippen LogP contribution is -2.12. The lowest BCUT2D eigenvalue weighted by Gasteiger charge is -2.08. The Morgan fingerprint density at radius 2 is 1.32 bits per heavy atom. The second kappa shape index (κ2) is 8.61. The number of halogens is 2. The monoisotopic (exact) mass is 431 g/mol. The standard InChI is InChI=1S/C21H15Cl2NO3S/c22-17-6-1-15(2-7-17)3-14-21(25)16-4-10-19(11-5-16)24-28(26,27)20-12-8-18(23)9-13-20/h1-14,24H/b14-3+. The highest BCUT2D eigenvalue weighted by molar-refractivity contribution is 7.92. The van der Waals surface area contributed by atoms with Gasteiger partial charge in [0.2, 0.25) is 0 Å². The maximum absolute atomic E-state index is 12.4. The Balaban J connectivity index is 1.69. The van der Waals surface area contributed by atoms with Crippen LogP contribution in [0, 0.1) is 0 Å². The fourth-order valence-electron chi connectivity index (χ4n) is 2.37. The Bertz CT molecular complexity index is 1110. The van der Waals surface area contributed by atoms with Gasteiger partial charge in [0.05, 0.1) is 4.90 Å². The molecule has 7 heteroatoms. The molecule has 3 aromatic rings. The molecule has 0 unspecified atom stereocenters. The van der Waals surface area contributed by atoms with Crippen molar-refractivity contribution in [2.24, 2.45) is 0 Å². The third-order valence-electron chi connectivity index (χ3n) is 3.84. The van der Waals surface area contributed by atoms with Gasteiger partial charge in [0.25, 0.3) is 10.0 Å². The van der Waals surface area contributed by atoms with Crippen LogP contribution < -0.4 is 4.72 Å². The van der Waals surface area contributed by atoms with E-state index in [-0.39, 0.29) is 10.7 Å². The molecule has 4 nitrogen and oxygen atoms in total. The molecule has 0 amide bonds. The Labute approximate surface area is 173 Å². The number of hydrogen-bond acceptors (Lipinski definition) is 3. The largest absolute Gasteiger partial charge is 0.289 e. The highest BCUT2D eigenvalue weighted by Gasteiger charge is 2.14. The summed E-state index contributed by atoms with van der Waals surface area (Å²) in [6.45, 7) is 0. The van der Waals surface area contributed by atoms with E-state index in [1.165, 1.54) is 42.5 Å². The van der Waals surface area contributed by atoms with Crippen molar-refractivity contribution in [2.45, 2.75) is 4.90 Å². The summed E-state index contributed by atoms with van der Waals surface area (Å²) >= 11 is 11.6. The summed E-state index contributed by atoms with van der Waals surface area (Å²) in [6.07, 6.45) is 3.14. The molecule has 0 bridgehead atoms. The van der Waals surface area contributed by atoms with Gasteiger partial charge in [0.15, 0.2) is 5.78 Å². The molecule has 0 heterocycles. The molecule has 0 radical (unpaired) electrons. The van der Waals surface area contributed by atoms with Gasteiger partial charge in [0.1, 0.15) is 0 Å². The molecule has 0 atom stereocenters. The Kier molecular flexibility index (Phi) is 6.19. The van der Waals surface area contributed by atoms with Gasteiger partial charge in [0, 0.05) is 21.3 Å². The zero-order chi connectivity index (χ0) is 20.1. The van der Waals surface area contributed by atoms with Gasteiger partial charge in [-0.25, -0.2) is 8.42 Å². The first-order chi connectivity index (χ1) is 13.3. The molecule has 0 aromatic heterocycles. The van der Waals surface area contributed by atoms with E-state index in [1.54, 1.807) is 42.5 Å². The van der Waals surface area contributed by atoms with Crippen LogP contribution >= 0.6 is 23.2 Å². The van der Waals surface area contributed by atoms with Crippen LogP contribution in [0.4, 0.5) is 5.69 Å². The molecule has 3 aromatic carbocycles. The molecule has 28 heavy (non-hydrogen) atoms. The van der Waals surface area contributed by atoms with Gasteiger partial charge >= 0.3 is 0 Å². The fraction of sp³-hybridized carbons (Fsp3) is 0. The van der Waals surface area contributed by atoms with E-state index in [0.717, 1.165) is 5.56 Å². The van der Waals surface area contributed by atoms with Gasteiger partial charge < -0.3 is 0 Å². The number of sulfonamides is 1. The van der Waals surface area contributed by atoms with Crippen LogP contribution in [-0.2, 0) is 10.0 Å². The minimum Gasteiger partial charge on any atom is -0.289 e. The predicted molar refractivity (Wildman–Crippen MR) is 114 cm³/mol. The molecule has 0 saturated heterocycles. The number of hydrogen-bond donors (Lipinski definition) is 1. The van der Waals surface area contributed by atoms with Crippen molar-refractivity contribution in [2.75, 3.05) is 4.72 Å². The first-order valence-electron chi connectivity index (χ1n) is 8.20. The highest BCUT2D eigenvalue weighted by atomic mass is 35.5. The average Bonchev–Trinajstić information content (AvgIpc) is 2.68. The van der Waals surface area contributed by atoms with Crippen molar-refractivity contribution >= 4 is 50.8 Å². The lowest BCUT2D eigenvalue weighted by molar-refractivity contribution is 0.104. The van der Waals surface area contributed by atoms with E-state index in [2.05, 4.69) is 4.72 Å². The number of carbonyl (C=O) groups is 1. The first-order valence-corrected chi connectivity index (χ1v) is 10.4. The Hall–Kier alpha value is -2.60. The first kappa shape index (κ1) is 20.1. The zero-order valence-electron chi connectivity index (χ0n) is 14.5. The third-order valence-corrected chi connectivity index (χ3v) is 5.74. The van der Waals surface area contributed by atoms with Crippen LogP contribution in [0.15, 0.2) is 83.8 Å². The topological polar surface area (TPSA) is 63.2 Å². The van der Waals surface area contributed by atoms with E-state index >= 15 is 0 Å². The number of ketones is 1. The smallest absolute Gasteiger partial charge is 0.261 e. The maximum Gasteiger partial charge on any atom is 0.261 e. The summed E-state index contributed by atoms with van der Waals surface area (Å²) < 4.78 is 27.2. The van der Waals surface area contributed by atoms with Gasteiger partial charge in [-0.2, -0.15) is 0 Å². The lowest BCUT2D eigenvalue weighted by atomic mass is 10.1. The van der Waals surface area contributed by atoms with E-state index in [1.807, 2.05) is 0 Å². The van der Waals surface area contributed by atoms with Crippen LogP contribution in [0.3, 0.4) is 0 Å². The molecular weight excluding hydrogens is 417 g/mol. The highest BCUT2D eigenvalue weighted by Crippen LogP contribution is 2.19. The molecule has 0 aliphatic rings. The molecule has 1 N–H and O–H groups in total. The summed E-state index contributed by atoms with van der Waals surface area (Å²) in [5, 5.41) is 1.08. The quantitative estimate of drug-likeness (QED) is 0.402. The van der Waals surface area contributed by atoms with E-state index < -0.39 is 10.0 Å². The van der Waals surface area contributed by atoms with Crippen molar-refractivity contribution in [3.05, 3.63) is 100 Å². The summed E-state index contributed by atoms with van der Waals surface area (Å²) in [5.74, 6) is -0.193. The van der Waals surface area contributed by atoms with E-state index in [9.17, 15) is 13.2 Å². The normalized spacial score (nSPS) is 11.5. The van der Waals surface area contributed by atoms with Crippen molar-refractivity contribution in [3.63, 3.8) is 0 Å². The summed E-state index contributed by atoms with van der Waals surface area (Å²) in [7, 11) is -3.73. The average molecular weight is 432 g/mol. The zero-order valence-corrected chi connectivity index (χ0v) is 16.8. The van der Waals surface area contributed by atoms with Gasteiger partial charge in [-0.05, 0) is 72.3 Å². The van der Waals surface area contributed by atoms with Crippen LogP contribution in [0.2, 0.25) is 10.0 Å². The van der Waals surface area contributed by atoms with Crippen LogP contribution in [0.1, 0.15) is 15.9 Å². The number of benzene rings is 3. The summed E-state index contributed by atoms with van der Waals surface area (Å²) in [5.41, 5.74) is 1.65. The fourth-order valence-corrected chi connectivity index (χ4v) is 3.68. The molecular formula is C21H15Cl2NO3S. The number of nitrogens with one attached hydrogen (secondary N) is 1. The second-order valence-corrected chi connectivity index (χ2v) is 8.44. The summed E-state index contributed by atoms with van der Waals surface area (Å²) in [6, 6.07) is 19.2. The van der Waals surface area contributed by atoms with Gasteiger partial charge in [-0.15, -0.1) is 0 Å². The van der Waals surface area contributed by atoms with Gasteiger partial charge in [-0.3, -0.25) is 9.52 Å². The second-order valence-electron chi connectivity index (χ2n) is 5.89. The molecule has 0 spiro atoms. The van der Waals surface area contributed by atoms with E-state index in [4.69, 9.17) is 23.2 Å². The van der Waals surface area contributed by atoms with E-state index in [0.29, 0.717) is 21.3 Å². The number of allylic oxidation sites excluding steroid dienone is 1. The third kappa shape index (κ3) is 5.23. The van der Waals surface area contributed by atoms with Gasteiger partial charge in [-0.1, -0.05) is 41.4 Å². The number of carbonyl (C=O) groups excluding carboxylic acids is 1. The van der Waals surface area contributed by atoms with Crippen molar-refractivity contribution in [1.82, 2.24) is 0 Å². The Morgan fingerprint density at radius 1 is 0.786 bits per heavy atom. The molecule has 0 saturated carbocycles. The minimum absolute atomic E-state index is 0.1000. The van der Waals surface area contributed by atoms with Crippen LogP contribution in [0.25, 0.3) is 6.08 Å². The SMILES string of the molecule is O=C(/C=C/c1ccc(Cl)cc1)c1ccc(NS(=O)(=O)c2ccc(Cl)cc2)cc1. The molecule has 3 rings (SSSR count). The molecule has 142 valence electrons. The number of anilines is 1. The Morgan fingerprint density at radius 3 is 1.89 bits per heavy atom. The maximum atomic E-state index is 12.4. The minimum atomic E-state index is -3.73. The molecule has 0 aliphatic carbocycles. The van der Waals surface area contributed by atoms with Crippen molar-refractivity contribution < 1.29 is 13.2 Å². The van der Waals surface area contributed by atoms with Crippen molar-refractivity contribution in [3.8, 4) is 0 Å².